The van der Waals surface area contributed by atoms with E-state index in [1.807, 2.05) is 0 Å². The predicted octanol–water partition coefficient (Wildman–Crippen LogP) is 2.53. The van der Waals surface area contributed by atoms with Crippen molar-refractivity contribution < 1.29 is 27.1 Å². The van der Waals surface area contributed by atoms with Gasteiger partial charge in [-0.25, -0.2) is 31.7 Å². The Morgan fingerprint density at radius 1 is 1.21 bits per heavy atom. The summed E-state index contributed by atoms with van der Waals surface area (Å²) in [5.41, 5.74) is -1.75. The van der Waals surface area contributed by atoms with Crippen LogP contribution in [0.4, 0.5) is 20.3 Å². The lowest BCUT2D eigenvalue weighted by Crippen LogP contribution is -2.40. The van der Waals surface area contributed by atoms with Gasteiger partial charge < -0.3 is 10.4 Å². The summed E-state index contributed by atoms with van der Waals surface area (Å²) in [6.45, 7) is 4.93. The number of sulfonamides is 1. The average Bonchev–Trinajstić information content (AvgIpc) is 3.01. The van der Waals surface area contributed by atoms with Gasteiger partial charge in [0.15, 0.2) is 11.5 Å². The van der Waals surface area contributed by atoms with E-state index < -0.39 is 38.7 Å². The molecule has 0 bridgehead atoms. The maximum Gasteiger partial charge on any atom is 0.341 e. The summed E-state index contributed by atoms with van der Waals surface area (Å²) in [5, 5.41) is 15.8. The SMILES string of the molecule is CC(C)(C)NS(=O)(=O)c1cnn2c(Nc3cc(F)ccc3F)c(C(=O)O)cnc12. The lowest BCUT2D eigenvalue weighted by atomic mass is 10.1. The van der Waals surface area contributed by atoms with Gasteiger partial charge in [-0.2, -0.15) is 9.61 Å². The highest BCUT2D eigenvalue weighted by Gasteiger charge is 2.28. The molecule has 0 aliphatic heterocycles. The molecule has 0 radical (unpaired) electrons. The lowest BCUT2D eigenvalue weighted by molar-refractivity contribution is 0.0697. The first kappa shape index (κ1) is 20.6. The summed E-state index contributed by atoms with van der Waals surface area (Å²) in [7, 11) is -4.04. The Bertz CT molecular complexity index is 1220. The third-order valence-electron chi connectivity index (χ3n) is 3.64. The van der Waals surface area contributed by atoms with Gasteiger partial charge in [-0.1, -0.05) is 0 Å². The van der Waals surface area contributed by atoms with Crippen molar-refractivity contribution in [1.82, 2.24) is 19.3 Å². The van der Waals surface area contributed by atoms with E-state index in [9.17, 15) is 27.1 Å². The number of aromatic nitrogens is 3. The zero-order valence-corrected chi connectivity index (χ0v) is 16.4. The maximum atomic E-state index is 14.0. The van der Waals surface area contributed by atoms with Crippen LogP contribution in [-0.2, 0) is 10.0 Å². The van der Waals surface area contributed by atoms with Crippen LogP contribution in [0, 0.1) is 11.6 Å². The molecule has 3 rings (SSSR count). The summed E-state index contributed by atoms with van der Waals surface area (Å²) in [6.07, 6.45) is 1.91. The van der Waals surface area contributed by atoms with Crippen LogP contribution in [0.25, 0.3) is 5.65 Å². The number of nitrogens with zero attached hydrogens (tertiary/aromatic N) is 3. The van der Waals surface area contributed by atoms with Gasteiger partial charge in [-0.3, -0.25) is 0 Å². The number of anilines is 2. The van der Waals surface area contributed by atoms with Gasteiger partial charge in [0.05, 0.1) is 11.9 Å². The van der Waals surface area contributed by atoms with Crippen LogP contribution in [0.15, 0.2) is 35.5 Å². The van der Waals surface area contributed by atoms with Crippen molar-refractivity contribution in [2.45, 2.75) is 31.2 Å². The summed E-state index contributed by atoms with van der Waals surface area (Å²) in [5.74, 6) is -3.31. The first-order valence-corrected chi connectivity index (χ1v) is 9.73. The number of carbonyl (C=O) groups is 1. The molecule has 2 heterocycles. The Labute approximate surface area is 164 Å². The molecule has 0 saturated heterocycles. The minimum absolute atomic E-state index is 0.189. The van der Waals surface area contributed by atoms with Crippen LogP contribution >= 0.6 is 0 Å². The highest BCUT2D eigenvalue weighted by molar-refractivity contribution is 7.89. The first-order chi connectivity index (χ1) is 13.4. The van der Waals surface area contributed by atoms with E-state index in [4.69, 9.17) is 0 Å². The normalized spacial score (nSPS) is 12.3. The molecule has 1 aromatic carbocycles. The minimum Gasteiger partial charge on any atom is -0.477 e. The Kier molecular flexibility index (Phi) is 5.01. The number of rotatable bonds is 5. The Morgan fingerprint density at radius 3 is 2.52 bits per heavy atom. The van der Waals surface area contributed by atoms with E-state index in [1.165, 1.54) is 0 Å². The number of aromatic carboxylic acids is 1. The van der Waals surface area contributed by atoms with Gasteiger partial charge in [-0.05, 0) is 32.9 Å². The first-order valence-electron chi connectivity index (χ1n) is 8.25. The van der Waals surface area contributed by atoms with E-state index in [-0.39, 0.29) is 22.0 Å². The van der Waals surface area contributed by atoms with Gasteiger partial charge in [0.2, 0.25) is 10.0 Å². The highest BCUT2D eigenvalue weighted by Crippen LogP contribution is 2.27. The second-order valence-electron chi connectivity index (χ2n) is 7.17. The summed E-state index contributed by atoms with van der Waals surface area (Å²) in [4.78, 5) is 15.2. The predicted molar refractivity (Wildman–Crippen MR) is 99.7 cm³/mol. The molecule has 0 saturated carbocycles. The van der Waals surface area contributed by atoms with E-state index in [0.717, 1.165) is 35.1 Å². The van der Waals surface area contributed by atoms with Crippen LogP contribution in [0.5, 0.6) is 0 Å². The average molecular weight is 425 g/mol. The minimum atomic E-state index is -4.04. The van der Waals surface area contributed by atoms with Gasteiger partial charge in [0.25, 0.3) is 0 Å². The molecule has 3 aromatic rings. The maximum absolute atomic E-state index is 14.0. The molecule has 29 heavy (non-hydrogen) atoms. The van der Waals surface area contributed by atoms with Gasteiger partial charge >= 0.3 is 5.97 Å². The second-order valence-corrected chi connectivity index (χ2v) is 8.83. The van der Waals surface area contributed by atoms with Gasteiger partial charge in [0.1, 0.15) is 22.1 Å². The van der Waals surface area contributed by atoms with Crippen molar-refractivity contribution in [2.24, 2.45) is 0 Å². The largest absolute Gasteiger partial charge is 0.477 e. The van der Waals surface area contributed by atoms with Crippen LogP contribution in [-0.4, -0.2) is 39.6 Å². The quantitative estimate of drug-likeness (QED) is 0.573. The van der Waals surface area contributed by atoms with Crippen molar-refractivity contribution in [3.63, 3.8) is 0 Å². The Morgan fingerprint density at radius 2 is 1.90 bits per heavy atom. The fourth-order valence-corrected chi connectivity index (χ4v) is 4.04. The number of carboxylic acid groups (broad SMARTS) is 1. The number of hydrogen-bond acceptors (Lipinski definition) is 6. The van der Waals surface area contributed by atoms with E-state index >= 15 is 0 Å². The number of nitrogens with one attached hydrogen (secondary N) is 2. The van der Waals surface area contributed by atoms with Gasteiger partial charge in [0, 0.05) is 17.8 Å². The second kappa shape index (κ2) is 7.04. The van der Waals surface area contributed by atoms with Gasteiger partial charge in [-0.15, -0.1) is 0 Å². The third kappa shape index (κ3) is 4.17. The standard InChI is InChI=1S/C17H17F2N5O4S/c1-17(2,3)23-29(27,28)13-8-21-24-14(10(16(25)26)7-20-15(13)24)22-12-6-9(18)4-5-11(12)19/h4-8,22-23H,1-3H3,(H,25,26). The van der Waals surface area contributed by atoms with Crippen LogP contribution in [0.2, 0.25) is 0 Å². The smallest absolute Gasteiger partial charge is 0.341 e. The van der Waals surface area contributed by atoms with Crippen molar-refractivity contribution in [1.29, 1.82) is 0 Å². The molecule has 0 aliphatic carbocycles. The molecule has 0 unspecified atom stereocenters. The molecule has 12 heteroatoms. The number of halogens is 2. The zero-order chi connectivity index (χ0) is 21.6. The molecule has 2 aromatic heterocycles. The monoisotopic (exact) mass is 425 g/mol. The van der Waals surface area contributed by atoms with Crippen molar-refractivity contribution in [3.8, 4) is 0 Å². The highest BCUT2D eigenvalue weighted by atomic mass is 32.2. The van der Waals surface area contributed by atoms with Crippen molar-refractivity contribution >= 4 is 33.1 Å². The molecule has 0 aliphatic rings. The molecule has 3 N–H and O–H groups in total. The van der Waals surface area contributed by atoms with Crippen molar-refractivity contribution in [2.75, 3.05) is 5.32 Å². The molecule has 9 nitrogen and oxygen atoms in total. The van der Waals surface area contributed by atoms with Crippen LogP contribution in [0.1, 0.15) is 31.1 Å². The Hall–Kier alpha value is -3.12. The van der Waals surface area contributed by atoms with E-state index in [1.54, 1.807) is 20.8 Å². The molecular weight excluding hydrogens is 408 g/mol. The van der Waals surface area contributed by atoms with Crippen molar-refractivity contribution in [3.05, 3.63) is 47.8 Å². The summed E-state index contributed by atoms with van der Waals surface area (Å²) >= 11 is 0. The molecule has 0 atom stereocenters. The Balaban J connectivity index is 2.21. The van der Waals surface area contributed by atoms with E-state index in [2.05, 4.69) is 20.1 Å². The van der Waals surface area contributed by atoms with E-state index in [0.29, 0.717) is 0 Å². The molecule has 154 valence electrons. The fourth-order valence-electron chi connectivity index (χ4n) is 2.56. The van der Waals surface area contributed by atoms with Crippen LogP contribution < -0.4 is 10.0 Å². The lowest BCUT2D eigenvalue weighted by Gasteiger charge is -2.19. The zero-order valence-electron chi connectivity index (χ0n) is 15.6. The number of benzene rings is 1. The number of fused-ring (bicyclic) bond motifs is 1. The molecule has 0 fully saturated rings. The van der Waals surface area contributed by atoms with Crippen LogP contribution in [0.3, 0.4) is 0 Å². The number of hydrogen-bond donors (Lipinski definition) is 3. The number of carboxylic acids is 1. The molecule has 0 spiro atoms. The molecular formula is C17H17F2N5O4S. The summed E-state index contributed by atoms with van der Waals surface area (Å²) in [6, 6.07) is 2.59. The molecule has 0 amide bonds. The topological polar surface area (TPSA) is 126 Å². The fraction of sp³-hybridized carbons (Fsp3) is 0.235. The third-order valence-corrected chi connectivity index (χ3v) is 5.38. The summed E-state index contributed by atoms with van der Waals surface area (Å²) < 4.78 is 56.2.